The van der Waals surface area contributed by atoms with Gasteiger partial charge in [-0.15, -0.1) is 0 Å². The van der Waals surface area contributed by atoms with Gasteiger partial charge in [-0.3, -0.25) is 4.68 Å². The van der Waals surface area contributed by atoms with E-state index in [2.05, 4.69) is 28.8 Å². The number of hydrogen-bond acceptors (Lipinski definition) is 6. The Morgan fingerprint density at radius 2 is 2.20 bits per heavy atom. The molecule has 1 fully saturated rings. The topological polar surface area (TPSA) is 94.1 Å². The Bertz CT molecular complexity index is 875. The maximum atomic E-state index is 11.5. The van der Waals surface area contributed by atoms with E-state index in [1.54, 1.807) is 0 Å². The lowest BCUT2D eigenvalue weighted by Crippen LogP contribution is -2.23. The standard InChI is InChI=1S/C15H22ClN5O2S2/c1-9(2)8-21-14(16)13(10(3)19-21)11-5-4-6-20(11)15-18-7-12(24-15)25(17,22)23/h7,9,11H,4-6,8H2,1-3H3,(H2,17,22,23). The van der Waals surface area contributed by atoms with Crippen LogP contribution in [0.3, 0.4) is 0 Å². The van der Waals surface area contributed by atoms with Crippen LogP contribution in [0.15, 0.2) is 10.4 Å². The van der Waals surface area contributed by atoms with Crippen LogP contribution < -0.4 is 10.0 Å². The molecule has 2 N–H and O–H groups in total. The van der Waals surface area contributed by atoms with Crippen molar-refractivity contribution in [3.63, 3.8) is 0 Å². The van der Waals surface area contributed by atoms with Gasteiger partial charge >= 0.3 is 0 Å². The van der Waals surface area contributed by atoms with Crippen LogP contribution in [0.1, 0.15) is 44.0 Å². The average molecular weight is 404 g/mol. The highest BCUT2D eigenvalue weighted by Crippen LogP contribution is 2.42. The highest BCUT2D eigenvalue weighted by atomic mass is 35.5. The van der Waals surface area contributed by atoms with Gasteiger partial charge in [0.05, 0.1) is 17.9 Å². The second kappa shape index (κ2) is 6.86. The number of thiazole rings is 1. The van der Waals surface area contributed by atoms with E-state index < -0.39 is 10.0 Å². The first-order valence-corrected chi connectivity index (χ1v) is 10.9. The lowest BCUT2D eigenvalue weighted by atomic mass is 10.1. The molecule has 2 aromatic heterocycles. The van der Waals surface area contributed by atoms with Gasteiger partial charge in [0.2, 0.25) is 10.0 Å². The third-order valence-corrected chi connectivity index (χ3v) is 7.07. The number of nitrogens with zero attached hydrogens (tertiary/aromatic N) is 4. The molecule has 7 nitrogen and oxygen atoms in total. The fourth-order valence-electron chi connectivity index (χ4n) is 3.22. The minimum Gasteiger partial charge on any atom is -0.341 e. The zero-order chi connectivity index (χ0) is 18.4. The van der Waals surface area contributed by atoms with Gasteiger partial charge in [0.15, 0.2) is 9.34 Å². The van der Waals surface area contributed by atoms with Crippen LogP contribution in [-0.2, 0) is 16.6 Å². The molecule has 0 bridgehead atoms. The van der Waals surface area contributed by atoms with Crippen molar-refractivity contribution in [2.24, 2.45) is 11.1 Å². The van der Waals surface area contributed by atoms with Crippen molar-refractivity contribution in [3.05, 3.63) is 22.6 Å². The summed E-state index contributed by atoms with van der Waals surface area (Å²) in [5.41, 5.74) is 1.91. The summed E-state index contributed by atoms with van der Waals surface area (Å²) in [6, 6.07) is 0.0490. The summed E-state index contributed by atoms with van der Waals surface area (Å²) in [6.45, 7) is 7.78. The molecule has 1 atom stereocenters. The summed E-state index contributed by atoms with van der Waals surface area (Å²) in [7, 11) is -3.73. The third kappa shape index (κ3) is 3.69. The van der Waals surface area contributed by atoms with Crippen LogP contribution in [0.4, 0.5) is 5.13 Å². The molecule has 2 aromatic rings. The smallest absolute Gasteiger partial charge is 0.249 e. The molecule has 0 amide bonds. The van der Waals surface area contributed by atoms with Gasteiger partial charge < -0.3 is 4.90 Å². The number of anilines is 1. The van der Waals surface area contributed by atoms with Gasteiger partial charge in [0.1, 0.15) is 5.15 Å². The minimum absolute atomic E-state index is 0.0490. The average Bonchev–Trinajstić information content (AvgIpc) is 3.17. The fraction of sp³-hybridized carbons (Fsp3) is 0.600. The first kappa shape index (κ1) is 18.6. The number of halogens is 1. The molecule has 1 aliphatic rings. The summed E-state index contributed by atoms with van der Waals surface area (Å²) < 4.78 is 25.0. The molecule has 3 heterocycles. The van der Waals surface area contributed by atoms with Crippen LogP contribution in [0.2, 0.25) is 5.15 Å². The lowest BCUT2D eigenvalue weighted by Gasteiger charge is -2.24. The molecule has 138 valence electrons. The van der Waals surface area contributed by atoms with Crippen molar-refractivity contribution >= 4 is 38.1 Å². The fourth-order valence-corrected chi connectivity index (χ4v) is 5.21. The Labute approximate surface area is 156 Å². The van der Waals surface area contributed by atoms with Crippen molar-refractivity contribution in [2.45, 2.75) is 50.4 Å². The first-order valence-electron chi connectivity index (χ1n) is 8.16. The zero-order valence-corrected chi connectivity index (χ0v) is 16.8. The number of aromatic nitrogens is 3. The van der Waals surface area contributed by atoms with E-state index in [9.17, 15) is 8.42 Å². The van der Waals surface area contributed by atoms with Crippen LogP contribution in [-0.4, -0.2) is 29.7 Å². The van der Waals surface area contributed by atoms with Crippen molar-refractivity contribution < 1.29 is 8.42 Å². The van der Waals surface area contributed by atoms with Gasteiger partial charge in [0, 0.05) is 18.7 Å². The van der Waals surface area contributed by atoms with E-state index >= 15 is 0 Å². The molecular weight excluding hydrogens is 382 g/mol. The monoisotopic (exact) mass is 403 g/mol. The Morgan fingerprint density at radius 3 is 2.80 bits per heavy atom. The van der Waals surface area contributed by atoms with Gasteiger partial charge in [-0.05, 0) is 25.7 Å². The maximum Gasteiger partial charge on any atom is 0.249 e. The minimum atomic E-state index is -3.73. The summed E-state index contributed by atoms with van der Waals surface area (Å²) >= 11 is 7.72. The molecule has 1 aliphatic heterocycles. The number of sulfonamides is 1. The van der Waals surface area contributed by atoms with E-state index in [1.165, 1.54) is 6.20 Å². The number of aryl methyl sites for hydroxylation is 1. The van der Waals surface area contributed by atoms with E-state index in [0.717, 1.165) is 48.5 Å². The van der Waals surface area contributed by atoms with Gasteiger partial charge in [-0.2, -0.15) is 5.10 Å². The summed E-state index contributed by atoms with van der Waals surface area (Å²) in [5.74, 6) is 0.445. The highest BCUT2D eigenvalue weighted by molar-refractivity contribution is 7.91. The molecule has 10 heteroatoms. The van der Waals surface area contributed by atoms with E-state index in [-0.39, 0.29) is 10.3 Å². The second-order valence-electron chi connectivity index (χ2n) is 6.72. The van der Waals surface area contributed by atoms with E-state index in [4.69, 9.17) is 16.7 Å². The summed E-state index contributed by atoms with van der Waals surface area (Å²) in [5, 5.41) is 11.1. The molecule has 0 aliphatic carbocycles. The van der Waals surface area contributed by atoms with Crippen LogP contribution in [0.5, 0.6) is 0 Å². The molecular formula is C15H22ClN5O2S2. The predicted octanol–water partition coefficient (Wildman–Crippen LogP) is 2.95. The van der Waals surface area contributed by atoms with Gasteiger partial charge in [-0.25, -0.2) is 18.5 Å². The number of hydrogen-bond donors (Lipinski definition) is 1. The second-order valence-corrected chi connectivity index (χ2v) is 9.88. The normalized spacial score (nSPS) is 18.5. The van der Waals surface area contributed by atoms with Gasteiger partial charge in [-0.1, -0.05) is 36.8 Å². The van der Waals surface area contributed by atoms with Crippen molar-refractivity contribution in [1.29, 1.82) is 0 Å². The third-order valence-electron chi connectivity index (χ3n) is 4.23. The van der Waals surface area contributed by atoms with Crippen molar-refractivity contribution in [2.75, 3.05) is 11.4 Å². The van der Waals surface area contributed by atoms with Crippen LogP contribution >= 0.6 is 22.9 Å². The molecule has 25 heavy (non-hydrogen) atoms. The number of primary sulfonamides is 1. The summed E-state index contributed by atoms with van der Waals surface area (Å²) in [4.78, 5) is 6.38. The highest BCUT2D eigenvalue weighted by Gasteiger charge is 2.33. The largest absolute Gasteiger partial charge is 0.341 e. The molecule has 0 saturated carbocycles. The molecule has 1 unspecified atom stereocenters. The zero-order valence-electron chi connectivity index (χ0n) is 14.4. The van der Waals surface area contributed by atoms with Crippen LogP contribution in [0, 0.1) is 12.8 Å². The Morgan fingerprint density at radius 1 is 1.48 bits per heavy atom. The van der Waals surface area contributed by atoms with E-state index in [0.29, 0.717) is 16.2 Å². The van der Waals surface area contributed by atoms with E-state index in [1.807, 2.05) is 11.6 Å². The Kier molecular flexibility index (Phi) is 5.11. The Hall–Kier alpha value is -1.16. The molecule has 3 rings (SSSR count). The van der Waals surface area contributed by atoms with Crippen LogP contribution in [0.25, 0.3) is 0 Å². The number of nitrogens with two attached hydrogens (primary N) is 1. The van der Waals surface area contributed by atoms with Crippen molar-refractivity contribution in [1.82, 2.24) is 14.8 Å². The first-order chi connectivity index (χ1) is 11.7. The van der Waals surface area contributed by atoms with Gasteiger partial charge in [0.25, 0.3) is 0 Å². The molecule has 0 aromatic carbocycles. The molecule has 0 radical (unpaired) electrons. The summed E-state index contributed by atoms with van der Waals surface area (Å²) in [6.07, 6.45) is 3.24. The number of rotatable bonds is 5. The molecule has 0 spiro atoms. The lowest BCUT2D eigenvalue weighted by molar-refractivity contribution is 0.481. The van der Waals surface area contributed by atoms with Crippen molar-refractivity contribution in [3.8, 4) is 0 Å². The Balaban J connectivity index is 1.95. The quantitative estimate of drug-likeness (QED) is 0.828. The maximum absolute atomic E-state index is 11.5. The predicted molar refractivity (Wildman–Crippen MR) is 99.6 cm³/mol. The molecule has 1 saturated heterocycles. The SMILES string of the molecule is Cc1nn(CC(C)C)c(Cl)c1C1CCCN1c1ncc(S(N)(=O)=O)s1.